The van der Waals surface area contributed by atoms with E-state index in [-0.39, 0.29) is 23.5 Å². The summed E-state index contributed by atoms with van der Waals surface area (Å²) >= 11 is 1.35. The number of rotatable bonds is 7. The number of hydrogen-bond acceptors (Lipinski definition) is 7. The van der Waals surface area contributed by atoms with E-state index in [1.807, 2.05) is 19.0 Å². The molecular weight excluding hydrogens is 374 g/mol. The van der Waals surface area contributed by atoms with E-state index in [1.165, 1.54) is 11.3 Å². The van der Waals surface area contributed by atoms with Gasteiger partial charge in [-0.1, -0.05) is 0 Å². The Labute approximate surface area is 157 Å². The van der Waals surface area contributed by atoms with Crippen molar-refractivity contribution in [3.63, 3.8) is 0 Å². The van der Waals surface area contributed by atoms with E-state index in [0.29, 0.717) is 29.4 Å². The predicted molar refractivity (Wildman–Crippen MR) is 101 cm³/mol. The quantitative estimate of drug-likeness (QED) is 0.710. The lowest BCUT2D eigenvalue weighted by Crippen LogP contribution is -2.42. The molecule has 1 amide bonds. The zero-order valence-electron chi connectivity index (χ0n) is 14.9. The Morgan fingerprint density at radius 3 is 2.81 bits per heavy atom. The van der Waals surface area contributed by atoms with Crippen molar-refractivity contribution in [3.05, 3.63) is 29.5 Å². The number of aromatic nitrogens is 1. The summed E-state index contributed by atoms with van der Waals surface area (Å²) in [5.41, 5.74) is 0.343. The molecule has 7 nitrogen and oxygen atoms in total. The minimum Gasteiger partial charge on any atom is -0.462 e. The van der Waals surface area contributed by atoms with Crippen molar-refractivity contribution in [3.8, 4) is 10.8 Å². The largest absolute Gasteiger partial charge is 0.462 e. The van der Waals surface area contributed by atoms with E-state index in [1.54, 1.807) is 28.7 Å². The summed E-state index contributed by atoms with van der Waals surface area (Å²) in [4.78, 5) is 21.2. The third-order valence-electron chi connectivity index (χ3n) is 4.37. The van der Waals surface area contributed by atoms with E-state index in [4.69, 9.17) is 4.42 Å². The second-order valence-corrected chi connectivity index (χ2v) is 9.81. The van der Waals surface area contributed by atoms with E-state index in [9.17, 15) is 13.2 Å². The zero-order chi connectivity index (χ0) is 18.7. The van der Waals surface area contributed by atoms with Gasteiger partial charge in [-0.2, -0.15) is 0 Å². The molecule has 0 aliphatic carbocycles. The topological polar surface area (TPSA) is 83.7 Å². The van der Waals surface area contributed by atoms with Gasteiger partial charge in [-0.15, -0.1) is 11.3 Å². The standard InChI is InChI=1S/C17H23N3O4S2/c1-19(2)7-4-8-20(13-6-10-26(22,23)12-13)17(21)14-11-25-16(18-14)15-5-3-9-24-15/h3,5,9,11,13H,4,6-8,10,12H2,1-2H3. The molecule has 2 aromatic rings. The minimum atomic E-state index is -3.06. The number of carbonyl (C=O) groups excluding carboxylic acids is 1. The van der Waals surface area contributed by atoms with Gasteiger partial charge in [0.25, 0.3) is 5.91 Å². The summed E-state index contributed by atoms with van der Waals surface area (Å²) in [6.07, 6.45) is 2.84. The van der Waals surface area contributed by atoms with E-state index in [2.05, 4.69) is 4.98 Å². The van der Waals surface area contributed by atoms with Gasteiger partial charge in [-0.3, -0.25) is 4.79 Å². The first-order valence-electron chi connectivity index (χ1n) is 8.51. The second kappa shape index (κ2) is 7.89. The first kappa shape index (κ1) is 19.1. The molecule has 0 radical (unpaired) electrons. The van der Waals surface area contributed by atoms with Crippen LogP contribution in [-0.2, 0) is 9.84 Å². The number of nitrogens with zero attached hydrogens (tertiary/aromatic N) is 3. The van der Waals surface area contributed by atoms with Gasteiger partial charge in [0.1, 0.15) is 5.69 Å². The number of thiazole rings is 1. The van der Waals surface area contributed by atoms with Crippen LogP contribution in [0.15, 0.2) is 28.2 Å². The molecule has 9 heteroatoms. The first-order valence-corrected chi connectivity index (χ1v) is 11.2. The van der Waals surface area contributed by atoms with E-state index < -0.39 is 9.84 Å². The molecule has 1 aliphatic rings. The van der Waals surface area contributed by atoms with Crippen LogP contribution in [0.3, 0.4) is 0 Å². The highest BCUT2D eigenvalue weighted by Crippen LogP contribution is 2.26. The third kappa shape index (κ3) is 4.52. The highest BCUT2D eigenvalue weighted by molar-refractivity contribution is 7.91. The Kier molecular flexibility index (Phi) is 5.79. The molecule has 1 fully saturated rings. The molecule has 1 unspecified atom stereocenters. The maximum atomic E-state index is 13.0. The highest BCUT2D eigenvalue weighted by atomic mass is 32.2. The summed E-state index contributed by atoms with van der Waals surface area (Å²) in [7, 11) is 0.884. The maximum absolute atomic E-state index is 13.0. The monoisotopic (exact) mass is 397 g/mol. The molecule has 142 valence electrons. The van der Waals surface area contributed by atoms with Crippen LogP contribution in [0.5, 0.6) is 0 Å². The van der Waals surface area contributed by atoms with Gasteiger partial charge in [0.2, 0.25) is 0 Å². The van der Waals surface area contributed by atoms with Crippen molar-refractivity contribution in [2.45, 2.75) is 18.9 Å². The molecule has 26 heavy (non-hydrogen) atoms. The third-order valence-corrected chi connectivity index (χ3v) is 6.98. The molecule has 3 heterocycles. The van der Waals surface area contributed by atoms with Gasteiger partial charge in [-0.25, -0.2) is 13.4 Å². The van der Waals surface area contributed by atoms with E-state index >= 15 is 0 Å². The predicted octanol–water partition coefficient (Wildman–Crippen LogP) is 1.98. The summed E-state index contributed by atoms with van der Waals surface area (Å²) in [6.45, 7) is 1.35. The number of hydrogen-bond donors (Lipinski definition) is 0. The normalized spacial score (nSPS) is 19.1. The smallest absolute Gasteiger partial charge is 0.273 e. The van der Waals surface area contributed by atoms with Crippen LogP contribution in [0.2, 0.25) is 0 Å². The average Bonchev–Trinajstić information content (AvgIpc) is 3.30. The maximum Gasteiger partial charge on any atom is 0.273 e. The van der Waals surface area contributed by atoms with Gasteiger partial charge in [0.05, 0.1) is 17.8 Å². The van der Waals surface area contributed by atoms with Crippen LogP contribution < -0.4 is 0 Å². The molecule has 1 atom stereocenters. The van der Waals surface area contributed by atoms with Crippen molar-refractivity contribution >= 4 is 27.1 Å². The Bertz CT molecular complexity index is 843. The average molecular weight is 398 g/mol. The van der Waals surface area contributed by atoms with Crippen LogP contribution >= 0.6 is 11.3 Å². The zero-order valence-corrected chi connectivity index (χ0v) is 16.6. The van der Waals surface area contributed by atoms with Crippen molar-refractivity contribution in [1.82, 2.24) is 14.8 Å². The van der Waals surface area contributed by atoms with Crippen molar-refractivity contribution in [2.75, 3.05) is 38.7 Å². The number of amides is 1. The van der Waals surface area contributed by atoms with Gasteiger partial charge in [-0.05, 0) is 45.6 Å². The fourth-order valence-corrected chi connectivity index (χ4v) is 5.55. The molecule has 0 aromatic carbocycles. The molecule has 1 saturated heterocycles. The molecular formula is C17H23N3O4S2. The molecule has 2 aromatic heterocycles. The van der Waals surface area contributed by atoms with Crippen LogP contribution in [0.1, 0.15) is 23.3 Å². The molecule has 3 rings (SSSR count). The van der Waals surface area contributed by atoms with Crippen LogP contribution in [0, 0.1) is 0 Å². The fourth-order valence-electron chi connectivity index (χ4n) is 3.06. The van der Waals surface area contributed by atoms with E-state index in [0.717, 1.165) is 13.0 Å². The van der Waals surface area contributed by atoms with Gasteiger partial charge < -0.3 is 14.2 Å². The molecule has 1 aliphatic heterocycles. The summed E-state index contributed by atoms with van der Waals surface area (Å²) in [5, 5.41) is 2.36. The van der Waals surface area contributed by atoms with Gasteiger partial charge in [0, 0.05) is 18.0 Å². The number of furan rings is 1. The van der Waals surface area contributed by atoms with Crippen LogP contribution in [-0.4, -0.2) is 73.8 Å². The van der Waals surface area contributed by atoms with Gasteiger partial charge >= 0.3 is 0 Å². The lowest BCUT2D eigenvalue weighted by atomic mass is 10.2. The lowest BCUT2D eigenvalue weighted by molar-refractivity contribution is 0.0685. The number of sulfone groups is 1. The minimum absolute atomic E-state index is 0.0376. The second-order valence-electron chi connectivity index (χ2n) is 6.73. The lowest BCUT2D eigenvalue weighted by Gasteiger charge is -2.28. The molecule has 0 saturated carbocycles. The first-order chi connectivity index (χ1) is 12.4. The van der Waals surface area contributed by atoms with Crippen molar-refractivity contribution in [2.24, 2.45) is 0 Å². The Morgan fingerprint density at radius 2 is 2.19 bits per heavy atom. The Morgan fingerprint density at radius 1 is 1.38 bits per heavy atom. The molecule has 0 bridgehead atoms. The Hall–Kier alpha value is -1.71. The summed E-state index contributed by atoms with van der Waals surface area (Å²) < 4.78 is 29.1. The summed E-state index contributed by atoms with van der Waals surface area (Å²) in [5.74, 6) is 0.594. The van der Waals surface area contributed by atoms with Crippen molar-refractivity contribution in [1.29, 1.82) is 0 Å². The van der Waals surface area contributed by atoms with Crippen LogP contribution in [0.4, 0.5) is 0 Å². The molecule has 0 spiro atoms. The van der Waals surface area contributed by atoms with Crippen LogP contribution in [0.25, 0.3) is 10.8 Å². The highest BCUT2D eigenvalue weighted by Gasteiger charge is 2.35. The summed E-state index contributed by atoms with van der Waals surface area (Å²) in [6, 6.07) is 3.30. The molecule has 0 N–H and O–H groups in total. The van der Waals surface area contributed by atoms with Crippen molar-refractivity contribution < 1.29 is 17.6 Å². The fraction of sp³-hybridized carbons (Fsp3) is 0.529. The number of carbonyl (C=O) groups is 1. The Balaban J connectivity index is 1.77. The SMILES string of the molecule is CN(C)CCCN(C(=O)c1csc(-c2ccco2)n1)C1CCS(=O)(=O)C1. The van der Waals surface area contributed by atoms with Gasteiger partial charge in [0.15, 0.2) is 20.6 Å².